The summed E-state index contributed by atoms with van der Waals surface area (Å²) >= 11 is 0. The first-order valence-electron chi connectivity index (χ1n) is 16.7. The second-order valence-corrected chi connectivity index (χ2v) is 13.6. The molecule has 0 saturated carbocycles. The Labute approximate surface area is 278 Å². The summed E-state index contributed by atoms with van der Waals surface area (Å²) in [6.07, 6.45) is 6.97. The number of nitrogens with zero attached hydrogens (tertiary/aromatic N) is 4. The molecule has 0 bridgehead atoms. The van der Waals surface area contributed by atoms with E-state index in [0.717, 1.165) is 23.0 Å². The number of fused-ring (bicyclic) bond motifs is 7. The highest BCUT2D eigenvalue weighted by Crippen LogP contribution is 2.55. The van der Waals surface area contributed by atoms with Gasteiger partial charge in [0.15, 0.2) is 11.1 Å². The first-order chi connectivity index (χ1) is 23.5. The quantitative estimate of drug-likeness (QED) is 0.178. The van der Waals surface area contributed by atoms with Gasteiger partial charge in [-0.3, -0.25) is 0 Å². The molecule has 1 unspecified atom stereocenters. The van der Waals surface area contributed by atoms with Gasteiger partial charge in [0.25, 0.3) is 5.82 Å². The predicted octanol–water partition coefficient (Wildman–Crippen LogP) is 8.75. The maximum Gasteiger partial charge on any atom is 0.397 e. The zero-order valence-corrected chi connectivity index (χ0v) is 27.2. The number of pyridine rings is 1. The Balaban J connectivity index is 1.27. The van der Waals surface area contributed by atoms with Crippen molar-refractivity contribution in [3.05, 3.63) is 155 Å². The van der Waals surface area contributed by atoms with Crippen LogP contribution in [0, 0.1) is 27.7 Å². The first kappa shape index (κ1) is 26.2. The summed E-state index contributed by atoms with van der Waals surface area (Å²) in [6.45, 7) is 9.14. The Hall–Kier alpha value is -5.94. The van der Waals surface area contributed by atoms with Crippen molar-refractivity contribution in [3.63, 3.8) is 0 Å². The van der Waals surface area contributed by atoms with Crippen LogP contribution >= 0.6 is 0 Å². The van der Waals surface area contributed by atoms with E-state index in [-0.39, 0.29) is 0 Å². The number of ether oxygens (including phenoxy) is 1. The molecule has 5 aromatic carbocycles. The van der Waals surface area contributed by atoms with Crippen molar-refractivity contribution >= 4 is 21.8 Å². The summed E-state index contributed by atoms with van der Waals surface area (Å²) in [7, 11) is 0. The molecule has 228 valence electrons. The third-order valence-corrected chi connectivity index (χ3v) is 11.4. The van der Waals surface area contributed by atoms with E-state index >= 15 is 0 Å². The van der Waals surface area contributed by atoms with Crippen LogP contribution in [-0.4, -0.2) is 9.25 Å². The van der Waals surface area contributed by atoms with Gasteiger partial charge in [-0.25, -0.2) is 0 Å². The molecule has 5 heteroatoms. The highest BCUT2D eigenvalue weighted by molar-refractivity contribution is 6.11. The molecule has 3 aliphatic heterocycles. The van der Waals surface area contributed by atoms with Crippen LogP contribution in [0.15, 0.2) is 122 Å². The molecule has 3 aliphatic rings. The number of para-hydroxylation sites is 1. The van der Waals surface area contributed by atoms with Gasteiger partial charge in [-0.05, 0) is 109 Å². The lowest BCUT2D eigenvalue weighted by atomic mass is 9.83. The van der Waals surface area contributed by atoms with E-state index in [0.29, 0.717) is 0 Å². The third kappa shape index (κ3) is 2.83. The molecule has 0 aliphatic carbocycles. The number of aromatic nitrogens is 4. The van der Waals surface area contributed by atoms with E-state index in [2.05, 4.69) is 168 Å². The smallest absolute Gasteiger partial charge is 0.397 e. The van der Waals surface area contributed by atoms with E-state index in [4.69, 9.17) is 4.74 Å². The normalized spacial score (nSPS) is 16.2. The lowest BCUT2D eigenvalue weighted by Crippen LogP contribution is -2.76. The average molecular weight is 621 g/mol. The summed E-state index contributed by atoms with van der Waals surface area (Å²) in [5.74, 6) is 2.93. The molecular weight excluding hydrogens is 589 g/mol. The second-order valence-electron chi connectivity index (χ2n) is 13.6. The maximum absolute atomic E-state index is 6.83. The van der Waals surface area contributed by atoms with Gasteiger partial charge >= 0.3 is 5.66 Å². The van der Waals surface area contributed by atoms with Crippen molar-refractivity contribution in [2.24, 2.45) is 0 Å². The Morgan fingerprint density at radius 2 is 1.31 bits per heavy atom. The fraction of sp³-hybridized carbons (Fsp3) is 0.116. The molecule has 0 saturated heterocycles. The van der Waals surface area contributed by atoms with E-state index in [9.17, 15) is 0 Å². The zero-order valence-electron chi connectivity index (χ0n) is 27.2. The summed E-state index contributed by atoms with van der Waals surface area (Å²) < 4.78 is 16.6. The SMILES string of the molecule is Cc1c(C)c(-c2cn3[n+](c2)C24c5c(cccc5-3)Oc3ccc5c6ccccc6n(c5c32)-c2cccc[n+]24)c(C)c(C)c1-c1ccccc1. The number of hydrogen-bond donors (Lipinski definition) is 0. The van der Waals surface area contributed by atoms with Crippen LogP contribution in [0.3, 0.4) is 0 Å². The minimum atomic E-state index is -0.686. The molecule has 0 fully saturated rings. The summed E-state index contributed by atoms with van der Waals surface area (Å²) in [5, 5.41) is 2.49. The van der Waals surface area contributed by atoms with E-state index in [1.54, 1.807) is 0 Å². The van der Waals surface area contributed by atoms with Crippen molar-refractivity contribution in [2.45, 2.75) is 33.4 Å². The Morgan fingerprint density at radius 3 is 2.12 bits per heavy atom. The molecule has 3 aromatic heterocycles. The second kappa shape index (κ2) is 8.69. The van der Waals surface area contributed by atoms with E-state index < -0.39 is 5.66 Å². The molecule has 5 nitrogen and oxygen atoms in total. The van der Waals surface area contributed by atoms with Gasteiger partial charge in [0.05, 0.1) is 18.0 Å². The van der Waals surface area contributed by atoms with Crippen LogP contribution in [0.4, 0.5) is 0 Å². The monoisotopic (exact) mass is 620 g/mol. The van der Waals surface area contributed by atoms with Gasteiger partial charge < -0.3 is 4.74 Å². The third-order valence-electron chi connectivity index (χ3n) is 11.4. The summed E-state index contributed by atoms with van der Waals surface area (Å²) in [6, 6.07) is 37.0. The van der Waals surface area contributed by atoms with Gasteiger partial charge in [-0.2, -0.15) is 9.13 Å². The van der Waals surface area contributed by atoms with Crippen molar-refractivity contribution in [2.75, 3.05) is 0 Å². The van der Waals surface area contributed by atoms with Gasteiger partial charge in [0, 0.05) is 16.8 Å². The van der Waals surface area contributed by atoms with Crippen molar-refractivity contribution in [3.8, 4) is 45.3 Å². The Morgan fingerprint density at radius 1 is 0.604 bits per heavy atom. The topological polar surface area (TPSA) is 26.8 Å². The van der Waals surface area contributed by atoms with E-state index in [1.807, 2.05) is 0 Å². The van der Waals surface area contributed by atoms with Crippen LogP contribution in [0.2, 0.25) is 0 Å². The van der Waals surface area contributed by atoms with Crippen molar-refractivity contribution < 1.29 is 14.0 Å². The highest BCUT2D eigenvalue weighted by atomic mass is 16.5. The molecule has 1 atom stereocenters. The van der Waals surface area contributed by atoms with Crippen LogP contribution in [0.1, 0.15) is 33.4 Å². The fourth-order valence-electron chi connectivity index (χ4n) is 9.33. The Kier molecular flexibility index (Phi) is 4.74. The van der Waals surface area contributed by atoms with Crippen LogP contribution in [0.25, 0.3) is 55.6 Å². The van der Waals surface area contributed by atoms with Gasteiger partial charge in [0.1, 0.15) is 28.3 Å². The minimum Gasteiger partial charge on any atom is -0.456 e. The molecule has 1 spiro atoms. The standard InChI is InChI=1S/C43H32N4O/c1-25-27(3)39(28(4)26(2)38(25)29-13-6-5-7-14-29)30-23-45-34-17-12-18-35-40(34)43(46(45)24-30)41-36(48-35)21-20-32-31-15-8-9-16-33(31)47(42(32)41)37-19-10-11-22-44(37)43/h5-24H,1-4H3/q+2. The molecule has 48 heavy (non-hydrogen) atoms. The number of benzene rings is 5. The molecule has 0 radical (unpaired) electrons. The average Bonchev–Trinajstić information content (AvgIpc) is 3.78. The zero-order chi connectivity index (χ0) is 32.1. The number of hydrogen-bond acceptors (Lipinski definition) is 1. The lowest BCUT2D eigenvalue weighted by Gasteiger charge is -2.32. The Bertz CT molecular complexity index is 2720. The van der Waals surface area contributed by atoms with Crippen LogP contribution in [-0.2, 0) is 5.66 Å². The molecular formula is C43H32N4O+2. The van der Waals surface area contributed by atoms with E-state index in [1.165, 1.54) is 77.4 Å². The molecule has 0 N–H and O–H groups in total. The van der Waals surface area contributed by atoms with Crippen molar-refractivity contribution in [1.82, 2.24) is 9.25 Å². The molecule has 0 amide bonds. The first-order valence-corrected chi connectivity index (χ1v) is 16.7. The van der Waals surface area contributed by atoms with Gasteiger partial charge in [0.2, 0.25) is 6.20 Å². The highest BCUT2D eigenvalue weighted by Gasteiger charge is 2.68. The summed E-state index contributed by atoms with van der Waals surface area (Å²) in [4.78, 5) is 0. The fourth-order valence-corrected chi connectivity index (χ4v) is 9.33. The van der Waals surface area contributed by atoms with Gasteiger partial charge in [-0.1, -0.05) is 59.3 Å². The maximum atomic E-state index is 6.83. The van der Waals surface area contributed by atoms with Crippen molar-refractivity contribution in [1.29, 1.82) is 0 Å². The molecule has 8 aromatic rings. The van der Waals surface area contributed by atoms with Crippen LogP contribution in [0.5, 0.6) is 11.5 Å². The lowest BCUT2D eigenvalue weighted by molar-refractivity contribution is -0.993. The molecule has 11 rings (SSSR count). The predicted molar refractivity (Wildman–Crippen MR) is 188 cm³/mol. The van der Waals surface area contributed by atoms with Crippen LogP contribution < -0.4 is 14.0 Å². The largest absolute Gasteiger partial charge is 0.456 e. The summed E-state index contributed by atoms with van der Waals surface area (Å²) in [5.41, 5.74) is 15.6. The minimum absolute atomic E-state index is 0.686. The molecule has 6 heterocycles. The number of rotatable bonds is 2. The van der Waals surface area contributed by atoms with Gasteiger partial charge in [-0.15, -0.1) is 4.68 Å².